The van der Waals surface area contributed by atoms with Crippen LogP contribution in [0.2, 0.25) is 10.0 Å². The van der Waals surface area contributed by atoms with Crippen molar-refractivity contribution in [3.63, 3.8) is 0 Å². The van der Waals surface area contributed by atoms with Crippen molar-refractivity contribution >= 4 is 45.9 Å². The molecule has 0 fully saturated rings. The first-order valence-electron chi connectivity index (χ1n) is 6.16. The predicted octanol–water partition coefficient (Wildman–Crippen LogP) is 4.76. The third-order valence-electron chi connectivity index (χ3n) is 2.86. The fraction of sp³-hybridized carbons (Fsp3) is 0.0667. The number of hydrogen-bond acceptors (Lipinski definition) is 3. The summed E-state index contributed by atoms with van der Waals surface area (Å²) >= 11 is 12.0. The zero-order valence-electron chi connectivity index (χ0n) is 11.0. The largest absolute Gasteiger partial charge is 0.435 e. The molecule has 21 heavy (non-hydrogen) atoms. The lowest BCUT2D eigenvalue weighted by molar-refractivity contribution is -0.114. The summed E-state index contributed by atoms with van der Waals surface area (Å²) < 4.78 is 5.67. The van der Waals surface area contributed by atoms with Crippen molar-refractivity contribution < 1.29 is 9.21 Å². The second-order valence-corrected chi connectivity index (χ2v) is 5.36. The molecule has 0 aliphatic rings. The SMILES string of the molecule is CC(=O)Nc1ccc(-c2nc3cc(Cl)cc(Cl)c3o2)cc1. The number of rotatable bonds is 2. The summed E-state index contributed by atoms with van der Waals surface area (Å²) in [6, 6.07) is 10.5. The molecule has 0 saturated carbocycles. The molecule has 106 valence electrons. The molecule has 6 heteroatoms. The van der Waals surface area contributed by atoms with Crippen LogP contribution in [0.4, 0.5) is 5.69 Å². The standard InChI is InChI=1S/C15H10Cl2N2O2/c1-8(20)18-11-4-2-9(3-5-11)15-19-13-7-10(16)6-12(17)14(13)21-15/h2-7H,1H3,(H,18,20). The summed E-state index contributed by atoms with van der Waals surface area (Å²) in [6.07, 6.45) is 0. The van der Waals surface area contributed by atoms with Gasteiger partial charge in [-0.1, -0.05) is 23.2 Å². The highest BCUT2D eigenvalue weighted by atomic mass is 35.5. The molecule has 0 unspecified atom stereocenters. The average Bonchev–Trinajstić information content (AvgIpc) is 2.83. The third kappa shape index (κ3) is 2.86. The Balaban J connectivity index is 2.00. The van der Waals surface area contributed by atoms with Crippen molar-refractivity contribution in [2.24, 2.45) is 0 Å². The van der Waals surface area contributed by atoms with Crippen LogP contribution in [0.15, 0.2) is 40.8 Å². The predicted molar refractivity (Wildman–Crippen MR) is 83.8 cm³/mol. The maximum Gasteiger partial charge on any atom is 0.227 e. The Morgan fingerprint density at radius 1 is 1.19 bits per heavy atom. The Labute approximate surface area is 130 Å². The van der Waals surface area contributed by atoms with E-state index in [-0.39, 0.29) is 5.91 Å². The summed E-state index contributed by atoms with van der Waals surface area (Å²) in [7, 11) is 0. The summed E-state index contributed by atoms with van der Waals surface area (Å²) in [5.41, 5.74) is 2.60. The molecular formula is C15H10Cl2N2O2. The molecule has 1 heterocycles. The number of nitrogens with zero attached hydrogens (tertiary/aromatic N) is 1. The van der Waals surface area contributed by atoms with Gasteiger partial charge in [0.1, 0.15) is 5.52 Å². The summed E-state index contributed by atoms with van der Waals surface area (Å²) in [5, 5.41) is 3.63. The van der Waals surface area contributed by atoms with Crippen molar-refractivity contribution in [2.75, 3.05) is 5.32 Å². The topological polar surface area (TPSA) is 55.1 Å². The highest BCUT2D eigenvalue weighted by molar-refractivity contribution is 6.38. The Bertz CT molecular complexity index is 826. The summed E-state index contributed by atoms with van der Waals surface area (Å²) in [5.74, 6) is 0.328. The number of oxazole rings is 1. The average molecular weight is 321 g/mol. The lowest BCUT2D eigenvalue weighted by Crippen LogP contribution is -2.05. The van der Waals surface area contributed by atoms with Crippen LogP contribution >= 0.6 is 23.2 Å². The number of anilines is 1. The monoisotopic (exact) mass is 320 g/mol. The number of hydrogen-bond donors (Lipinski definition) is 1. The van der Waals surface area contributed by atoms with Gasteiger partial charge in [-0.05, 0) is 36.4 Å². The van der Waals surface area contributed by atoms with Crippen molar-refractivity contribution in [1.29, 1.82) is 0 Å². The van der Waals surface area contributed by atoms with E-state index in [1.54, 1.807) is 24.3 Å². The van der Waals surface area contributed by atoms with E-state index in [2.05, 4.69) is 10.3 Å². The van der Waals surface area contributed by atoms with Crippen molar-refractivity contribution in [2.45, 2.75) is 6.92 Å². The van der Waals surface area contributed by atoms with Gasteiger partial charge < -0.3 is 9.73 Å². The van der Waals surface area contributed by atoms with Crippen molar-refractivity contribution in [3.05, 3.63) is 46.4 Å². The van der Waals surface area contributed by atoms with Gasteiger partial charge >= 0.3 is 0 Å². The van der Waals surface area contributed by atoms with Gasteiger partial charge in [-0.15, -0.1) is 0 Å². The van der Waals surface area contributed by atoms with E-state index >= 15 is 0 Å². The minimum absolute atomic E-state index is 0.119. The fourth-order valence-electron chi connectivity index (χ4n) is 1.98. The summed E-state index contributed by atoms with van der Waals surface area (Å²) in [4.78, 5) is 15.4. The Morgan fingerprint density at radius 3 is 2.57 bits per heavy atom. The van der Waals surface area contributed by atoms with Crippen LogP contribution < -0.4 is 5.32 Å². The highest BCUT2D eigenvalue weighted by Gasteiger charge is 2.12. The van der Waals surface area contributed by atoms with Gasteiger partial charge in [-0.3, -0.25) is 4.79 Å². The van der Waals surface area contributed by atoms with E-state index in [0.717, 1.165) is 5.56 Å². The molecule has 4 nitrogen and oxygen atoms in total. The van der Waals surface area contributed by atoms with Crippen molar-refractivity contribution in [1.82, 2.24) is 4.98 Å². The maximum atomic E-state index is 11.0. The van der Waals surface area contributed by atoms with Crippen molar-refractivity contribution in [3.8, 4) is 11.5 Å². The minimum atomic E-state index is -0.119. The van der Waals surface area contributed by atoms with Crippen LogP contribution in [-0.4, -0.2) is 10.9 Å². The third-order valence-corrected chi connectivity index (χ3v) is 3.36. The lowest BCUT2D eigenvalue weighted by Gasteiger charge is -2.01. The number of carbonyl (C=O) groups is 1. The highest BCUT2D eigenvalue weighted by Crippen LogP contribution is 2.32. The number of carbonyl (C=O) groups excluding carboxylic acids is 1. The minimum Gasteiger partial charge on any atom is -0.435 e. The Morgan fingerprint density at radius 2 is 1.90 bits per heavy atom. The molecular weight excluding hydrogens is 311 g/mol. The van der Waals surface area contributed by atoms with Gasteiger partial charge in [-0.25, -0.2) is 4.98 Å². The number of fused-ring (bicyclic) bond motifs is 1. The number of benzene rings is 2. The quantitative estimate of drug-likeness (QED) is 0.740. The molecule has 0 atom stereocenters. The van der Waals surface area contributed by atoms with Crippen LogP contribution in [0, 0.1) is 0 Å². The Kier molecular flexibility index (Phi) is 3.57. The molecule has 0 spiro atoms. The first-order chi connectivity index (χ1) is 10.0. The van der Waals surface area contributed by atoms with Gasteiger partial charge in [0, 0.05) is 23.2 Å². The molecule has 1 amide bonds. The molecule has 1 N–H and O–H groups in total. The fourth-order valence-corrected chi connectivity index (χ4v) is 2.50. The van der Waals surface area contributed by atoms with Gasteiger partial charge in [0.05, 0.1) is 5.02 Å². The van der Waals surface area contributed by atoms with Crippen LogP contribution in [0.25, 0.3) is 22.6 Å². The zero-order chi connectivity index (χ0) is 15.0. The van der Waals surface area contributed by atoms with Gasteiger partial charge in [0.2, 0.25) is 11.8 Å². The number of nitrogens with one attached hydrogen (secondary N) is 1. The van der Waals surface area contributed by atoms with E-state index in [0.29, 0.717) is 32.7 Å². The molecule has 0 bridgehead atoms. The van der Waals surface area contributed by atoms with E-state index < -0.39 is 0 Å². The van der Waals surface area contributed by atoms with E-state index in [9.17, 15) is 4.79 Å². The van der Waals surface area contributed by atoms with Gasteiger partial charge in [0.25, 0.3) is 0 Å². The maximum absolute atomic E-state index is 11.0. The number of halogens is 2. The zero-order valence-corrected chi connectivity index (χ0v) is 12.5. The molecule has 0 aliphatic heterocycles. The first kappa shape index (κ1) is 13.9. The first-order valence-corrected chi connectivity index (χ1v) is 6.92. The second kappa shape index (κ2) is 5.39. The number of amides is 1. The van der Waals surface area contributed by atoms with E-state index in [1.165, 1.54) is 6.92 Å². The van der Waals surface area contributed by atoms with E-state index in [1.807, 2.05) is 12.1 Å². The van der Waals surface area contributed by atoms with Crippen LogP contribution in [0.1, 0.15) is 6.92 Å². The Hall–Kier alpha value is -2.04. The lowest BCUT2D eigenvalue weighted by atomic mass is 10.2. The number of aromatic nitrogens is 1. The molecule has 0 saturated heterocycles. The van der Waals surface area contributed by atoms with Gasteiger partial charge in [-0.2, -0.15) is 0 Å². The van der Waals surface area contributed by atoms with Gasteiger partial charge in [0.15, 0.2) is 5.58 Å². The smallest absolute Gasteiger partial charge is 0.227 e. The summed E-state index contributed by atoms with van der Waals surface area (Å²) in [6.45, 7) is 1.46. The normalized spacial score (nSPS) is 10.8. The van der Waals surface area contributed by atoms with Crippen LogP contribution in [0.5, 0.6) is 0 Å². The van der Waals surface area contributed by atoms with E-state index in [4.69, 9.17) is 27.6 Å². The van der Waals surface area contributed by atoms with Crippen LogP contribution in [-0.2, 0) is 4.79 Å². The molecule has 3 rings (SSSR count). The molecule has 1 aromatic heterocycles. The molecule has 2 aromatic carbocycles. The molecule has 3 aromatic rings. The second-order valence-electron chi connectivity index (χ2n) is 4.51. The molecule has 0 aliphatic carbocycles. The molecule has 0 radical (unpaired) electrons. The van der Waals surface area contributed by atoms with Crippen LogP contribution in [0.3, 0.4) is 0 Å².